The van der Waals surface area contributed by atoms with E-state index in [1.54, 1.807) is 11.0 Å². The van der Waals surface area contributed by atoms with Crippen LogP contribution in [0.25, 0.3) is 0 Å². The van der Waals surface area contributed by atoms with Crippen LogP contribution in [0.3, 0.4) is 0 Å². The number of hydrogen-bond donors (Lipinski definition) is 1. The highest BCUT2D eigenvalue weighted by Gasteiger charge is 2.04. The molecule has 6 nitrogen and oxygen atoms in total. The molecule has 0 aliphatic rings. The van der Waals surface area contributed by atoms with Crippen molar-refractivity contribution in [2.75, 3.05) is 18.6 Å². The van der Waals surface area contributed by atoms with Crippen LogP contribution in [-0.2, 0) is 22.9 Å². The van der Waals surface area contributed by atoms with E-state index in [0.29, 0.717) is 18.9 Å². The fraction of sp³-hybridized carbons (Fsp3) is 0.750. The molecule has 1 N–H and O–H groups in total. The number of nitrogens with one attached hydrogen (secondary N) is 1. The maximum Gasteiger partial charge on any atom is 0.164 e. The van der Waals surface area contributed by atoms with Gasteiger partial charge in [-0.15, -0.1) is 0 Å². The highest BCUT2D eigenvalue weighted by atomic mass is 32.2. The van der Waals surface area contributed by atoms with E-state index in [1.807, 2.05) is 6.92 Å². The van der Waals surface area contributed by atoms with Gasteiger partial charge in [-0.2, -0.15) is 5.10 Å². The molecule has 15 heavy (non-hydrogen) atoms. The molecule has 7 heteroatoms. The van der Waals surface area contributed by atoms with Gasteiger partial charge in [0.25, 0.3) is 0 Å². The fourth-order valence-corrected chi connectivity index (χ4v) is 1.54. The number of rotatable bonds is 6. The van der Waals surface area contributed by atoms with Gasteiger partial charge in [0.15, 0.2) is 5.82 Å². The minimum Gasteiger partial charge on any atom is -0.310 e. The van der Waals surface area contributed by atoms with Crippen molar-refractivity contribution in [3.63, 3.8) is 0 Å². The van der Waals surface area contributed by atoms with Crippen molar-refractivity contribution in [1.82, 2.24) is 20.1 Å². The summed E-state index contributed by atoms with van der Waals surface area (Å²) in [7, 11) is -2.93. The van der Waals surface area contributed by atoms with Gasteiger partial charge < -0.3 is 5.32 Å². The van der Waals surface area contributed by atoms with Gasteiger partial charge in [0.05, 0.1) is 18.8 Å². The molecule has 1 rings (SSSR count). The maximum absolute atomic E-state index is 10.9. The monoisotopic (exact) mass is 232 g/mol. The first-order valence-electron chi connectivity index (χ1n) is 4.78. The van der Waals surface area contributed by atoms with E-state index in [2.05, 4.69) is 15.4 Å². The van der Waals surface area contributed by atoms with Crippen LogP contribution in [0.1, 0.15) is 12.7 Å². The van der Waals surface area contributed by atoms with Gasteiger partial charge >= 0.3 is 0 Å². The zero-order valence-electron chi connectivity index (χ0n) is 8.97. The van der Waals surface area contributed by atoms with E-state index >= 15 is 0 Å². The van der Waals surface area contributed by atoms with Crippen LogP contribution in [0.5, 0.6) is 0 Å². The normalized spacial score (nSPS) is 11.9. The summed E-state index contributed by atoms with van der Waals surface area (Å²) in [6.45, 7) is 3.83. The SMILES string of the molecule is CCNCc1ncn(CCS(C)(=O)=O)n1. The van der Waals surface area contributed by atoms with Crippen LogP contribution in [0.15, 0.2) is 6.33 Å². The van der Waals surface area contributed by atoms with Crippen LogP contribution in [0, 0.1) is 0 Å². The van der Waals surface area contributed by atoms with E-state index in [-0.39, 0.29) is 5.75 Å². The van der Waals surface area contributed by atoms with Crippen LogP contribution in [-0.4, -0.2) is 41.7 Å². The Labute approximate surface area is 89.6 Å². The molecule has 0 amide bonds. The first kappa shape index (κ1) is 12.1. The zero-order chi connectivity index (χ0) is 11.3. The van der Waals surface area contributed by atoms with Crippen molar-refractivity contribution in [2.45, 2.75) is 20.0 Å². The molecule has 0 saturated carbocycles. The molecule has 86 valence electrons. The molecule has 0 radical (unpaired) electrons. The van der Waals surface area contributed by atoms with Gasteiger partial charge in [0.1, 0.15) is 16.2 Å². The summed E-state index contributed by atoms with van der Waals surface area (Å²) < 4.78 is 23.4. The van der Waals surface area contributed by atoms with E-state index in [1.165, 1.54) is 6.26 Å². The summed E-state index contributed by atoms with van der Waals surface area (Å²) >= 11 is 0. The minimum atomic E-state index is -2.93. The standard InChI is InChI=1S/C8H16N4O2S/c1-3-9-6-8-10-7-12(11-8)4-5-15(2,13)14/h7,9H,3-6H2,1-2H3. The van der Waals surface area contributed by atoms with E-state index in [0.717, 1.165) is 6.54 Å². The van der Waals surface area contributed by atoms with E-state index < -0.39 is 9.84 Å². The molecular formula is C8H16N4O2S. The van der Waals surface area contributed by atoms with Crippen molar-refractivity contribution in [2.24, 2.45) is 0 Å². The quantitative estimate of drug-likeness (QED) is 0.711. The number of aryl methyl sites for hydroxylation is 1. The van der Waals surface area contributed by atoms with Gasteiger partial charge in [-0.25, -0.2) is 13.4 Å². The van der Waals surface area contributed by atoms with Gasteiger partial charge in [0, 0.05) is 6.26 Å². The van der Waals surface area contributed by atoms with Crippen molar-refractivity contribution in [1.29, 1.82) is 0 Å². The lowest BCUT2D eigenvalue weighted by Crippen LogP contribution is -2.14. The highest BCUT2D eigenvalue weighted by Crippen LogP contribution is 1.92. The van der Waals surface area contributed by atoms with Gasteiger partial charge in [0.2, 0.25) is 0 Å². The Hall–Kier alpha value is -0.950. The van der Waals surface area contributed by atoms with Gasteiger partial charge in [-0.3, -0.25) is 4.68 Å². The van der Waals surface area contributed by atoms with Crippen molar-refractivity contribution < 1.29 is 8.42 Å². The zero-order valence-corrected chi connectivity index (χ0v) is 9.79. The molecule has 0 atom stereocenters. The number of hydrogen-bond acceptors (Lipinski definition) is 5. The Bertz CT molecular complexity index is 399. The lowest BCUT2D eigenvalue weighted by molar-refractivity contribution is 0.582. The van der Waals surface area contributed by atoms with E-state index in [4.69, 9.17) is 0 Å². The van der Waals surface area contributed by atoms with Crippen LogP contribution in [0.2, 0.25) is 0 Å². The summed E-state index contributed by atoms with van der Waals surface area (Å²) in [5, 5.41) is 7.22. The predicted molar refractivity (Wildman–Crippen MR) is 57.1 cm³/mol. The molecule has 0 aliphatic heterocycles. The Morgan fingerprint density at radius 2 is 2.27 bits per heavy atom. The molecular weight excluding hydrogens is 216 g/mol. The van der Waals surface area contributed by atoms with Crippen molar-refractivity contribution in [3.05, 3.63) is 12.2 Å². The fourth-order valence-electron chi connectivity index (χ4n) is 1.02. The van der Waals surface area contributed by atoms with Crippen molar-refractivity contribution >= 4 is 9.84 Å². The average molecular weight is 232 g/mol. The Kier molecular flexibility index (Phi) is 4.22. The Morgan fingerprint density at radius 1 is 1.53 bits per heavy atom. The molecule has 0 spiro atoms. The third kappa shape index (κ3) is 4.89. The summed E-state index contributed by atoms with van der Waals surface area (Å²) in [6, 6.07) is 0. The summed E-state index contributed by atoms with van der Waals surface area (Å²) in [5.74, 6) is 0.780. The lowest BCUT2D eigenvalue weighted by Gasteiger charge is -1.98. The maximum atomic E-state index is 10.9. The average Bonchev–Trinajstić information content (AvgIpc) is 2.58. The van der Waals surface area contributed by atoms with Crippen molar-refractivity contribution in [3.8, 4) is 0 Å². The first-order chi connectivity index (χ1) is 7.01. The number of aromatic nitrogens is 3. The molecule has 1 heterocycles. The molecule has 0 bridgehead atoms. The smallest absolute Gasteiger partial charge is 0.164 e. The first-order valence-corrected chi connectivity index (χ1v) is 6.84. The molecule has 0 aromatic carbocycles. The highest BCUT2D eigenvalue weighted by molar-refractivity contribution is 7.90. The molecule has 1 aromatic heterocycles. The number of sulfone groups is 1. The summed E-state index contributed by atoms with van der Waals surface area (Å²) in [4.78, 5) is 4.05. The second-order valence-electron chi connectivity index (χ2n) is 3.33. The Morgan fingerprint density at radius 3 is 2.87 bits per heavy atom. The van der Waals surface area contributed by atoms with Gasteiger partial charge in [-0.05, 0) is 6.54 Å². The van der Waals surface area contributed by atoms with Gasteiger partial charge in [-0.1, -0.05) is 6.92 Å². The predicted octanol–water partition coefficient (Wildman–Crippen LogP) is -0.568. The van der Waals surface area contributed by atoms with Crippen LogP contribution >= 0.6 is 0 Å². The third-order valence-corrected chi connectivity index (χ3v) is 2.73. The minimum absolute atomic E-state index is 0.0943. The van der Waals surface area contributed by atoms with Crippen LogP contribution in [0.4, 0.5) is 0 Å². The summed E-state index contributed by atoms with van der Waals surface area (Å²) in [5.41, 5.74) is 0. The molecule has 0 aliphatic carbocycles. The summed E-state index contributed by atoms with van der Waals surface area (Å²) in [6.07, 6.45) is 2.77. The van der Waals surface area contributed by atoms with Crippen LogP contribution < -0.4 is 5.32 Å². The molecule has 1 aromatic rings. The molecule has 0 fully saturated rings. The Balaban J connectivity index is 2.46. The third-order valence-electron chi connectivity index (χ3n) is 1.81. The second-order valence-corrected chi connectivity index (χ2v) is 5.59. The topological polar surface area (TPSA) is 76.9 Å². The second kappa shape index (κ2) is 5.22. The van der Waals surface area contributed by atoms with E-state index in [9.17, 15) is 8.42 Å². The molecule has 0 saturated heterocycles. The molecule has 0 unspecified atom stereocenters. The largest absolute Gasteiger partial charge is 0.310 e. The lowest BCUT2D eigenvalue weighted by atomic mass is 10.6. The number of nitrogens with zero attached hydrogens (tertiary/aromatic N) is 3.